The molecule has 0 unspecified atom stereocenters. The highest BCUT2D eigenvalue weighted by molar-refractivity contribution is 6.35. The zero-order valence-corrected chi connectivity index (χ0v) is 15.3. The first-order valence-electron chi connectivity index (χ1n) is 7.79. The van der Waals surface area contributed by atoms with Crippen LogP contribution in [0.15, 0.2) is 60.7 Å². The number of hydrogen-bond donors (Lipinski definition) is 1. The number of para-hydroxylation sites is 1. The van der Waals surface area contributed by atoms with Gasteiger partial charge in [-0.1, -0.05) is 41.4 Å². The van der Waals surface area contributed by atoms with E-state index in [0.717, 1.165) is 0 Å². The number of aromatic nitrogens is 1. The lowest BCUT2D eigenvalue weighted by Gasteiger charge is -2.10. The van der Waals surface area contributed by atoms with Gasteiger partial charge >= 0.3 is 0 Å². The Hall–Kier alpha value is -2.69. The number of hydrogen-bond acceptors (Lipinski definition) is 3. The summed E-state index contributed by atoms with van der Waals surface area (Å²) in [7, 11) is 0. The molecule has 3 rings (SSSR count). The Morgan fingerprint density at radius 3 is 2.27 bits per heavy atom. The number of carbonyl (C=O) groups excluding carboxylic acids is 2. The van der Waals surface area contributed by atoms with Gasteiger partial charge in [0.05, 0.1) is 16.3 Å². The number of amides is 1. The Kier molecular flexibility index (Phi) is 5.35. The number of halogens is 2. The van der Waals surface area contributed by atoms with Crippen molar-refractivity contribution in [1.29, 1.82) is 0 Å². The number of pyridine rings is 1. The smallest absolute Gasteiger partial charge is 0.257 e. The number of nitrogens with one attached hydrogen (secondary N) is 1. The molecule has 130 valence electrons. The Balaban J connectivity index is 1.95. The van der Waals surface area contributed by atoms with Crippen LogP contribution in [-0.2, 0) is 0 Å². The van der Waals surface area contributed by atoms with Crippen molar-refractivity contribution in [1.82, 2.24) is 4.98 Å². The van der Waals surface area contributed by atoms with Gasteiger partial charge in [0.1, 0.15) is 5.69 Å². The van der Waals surface area contributed by atoms with Gasteiger partial charge in [0.25, 0.3) is 5.91 Å². The summed E-state index contributed by atoms with van der Waals surface area (Å²) in [6.07, 6.45) is 0. The number of nitrogens with zero attached hydrogens (tertiary/aromatic N) is 1. The van der Waals surface area contributed by atoms with Crippen LogP contribution in [-0.4, -0.2) is 16.7 Å². The molecule has 4 nitrogen and oxygen atoms in total. The van der Waals surface area contributed by atoms with Crippen LogP contribution in [0.25, 0.3) is 0 Å². The quantitative estimate of drug-likeness (QED) is 0.630. The van der Waals surface area contributed by atoms with E-state index in [1.807, 2.05) is 18.2 Å². The van der Waals surface area contributed by atoms with Crippen LogP contribution in [0.1, 0.15) is 32.1 Å². The van der Waals surface area contributed by atoms with Gasteiger partial charge in [0.15, 0.2) is 0 Å². The van der Waals surface area contributed by atoms with Crippen molar-refractivity contribution in [2.45, 2.75) is 6.92 Å². The second kappa shape index (κ2) is 7.68. The van der Waals surface area contributed by atoms with E-state index in [1.165, 1.54) is 6.07 Å². The maximum Gasteiger partial charge on any atom is 0.257 e. The van der Waals surface area contributed by atoms with Crippen LogP contribution in [0.2, 0.25) is 10.0 Å². The first kappa shape index (κ1) is 18.1. The Morgan fingerprint density at radius 2 is 1.62 bits per heavy atom. The summed E-state index contributed by atoms with van der Waals surface area (Å²) >= 11 is 12.1. The Bertz CT molecular complexity index is 971. The van der Waals surface area contributed by atoms with E-state index in [0.29, 0.717) is 22.0 Å². The molecule has 26 heavy (non-hydrogen) atoms. The number of carbonyl (C=O) groups is 2. The third kappa shape index (κ3) is 3.93. The lowest BCUT2D eigenvalue weighted by molar-refractivity contribution is 0.102. The molecule has 0 aliphatic rings. The summed E-state index contributed by atoms with van der Waals surface area (Å²) in [6, 6.07) is 16.9. The maximum atomic E-state index is 12.7. The molecule has 0 fully saturated rings. The molecule has 0 saturated heterocycles. The lowest BCUT2D eigenvalue weighted by atomic mass is 10.1. The van der Waals surface area contributed by atoms with Gasteiger partial charge < -0.3 is 5.32 Å². The molecule has 2 aromatic carbocycles. The largest absolute Gasteiger partial charge is 0.322 e. The Labute approximate surface area is 160 Å². The lowest BCUT2D eigenvalue weighted by Crippen LogP contribution is -2.15. The van der Waals surface area contributed by atoms with Crippen molar-refractivity contribution >= 4 is 40.6 Å². The minimum Gasteiger partial charge on any atom is -0.322 e. The molecule has 1 aromatic heterocycles. The fourth-order valence-electron chi connectivity index (χ4n) is 2.41. The van der Waals surface area contributed by atoms with E-state index >= 15 is 0 Å². The van der Waals surface area contributed by atoms with Crippen molar-refractivity contribution in [3.05, 3.63) is 93.2 Å². The van der Waals surface area contributed by atoms with Crippen LogP contribution >= 0.6 is 23.2 Å². The molecule has 3 aromatic rings. The molecule has 6 heteroatoms. The van der Waals surface area contributed by atoms with E-state index in [9.17, 15) is 9.59 Å². The van der Waals surface area contributed by atoms with Gasteiger partial charge in [-0.25, -0.2) is 4.98 Å². The van der Waals surface area contributed by atoms with E-state index < -0.39 is 5.91 Å². The molecule has 0 spiro atoms. The van der Waals surface area contributed by atoms with E-state index in [-0.39, 0.29) is 22.1 Å². The zero-order chi connectivity index (χ0) is 18.7. The first-order valence-corrected chi connectivity index (χ1v) is 8.55. The highest BCUT2D eigenvalue weighted by Gasteiger charge is 2.19. The van der Waals surface area contributed by atoms with Crippen molar-refractivity contribution in [3.63, 3.8) is 0 Å². The third-order valence-corrected chi connectivity index (χ3v) is 4.47. The van der Waals surface area contributed by atoms with Gasteiger partial charge in [-0.15, -0.1) is 0 Å². The van der Waals surface area contributed by atoms with Crippen molar-refractivity contribution in [3.8, 4) is 0 Å². The molecule has 1 N–H and O–H groups in total. The van der Waals surface area contributed by atoms with Crippen molar-refractivity contribution in [2.75, 3.05) is 5.32 Å². The molecular weight excluding hydrogens is 371 g/mol. The maximum absolute atomic E-state index is 12.7. The summed E-state index contributed by atoms with van der Waals surface area (Å²) < 4.78 is 0. The average molecular weight is 385 g/mol. The normalized spacial score (nSPS) is 10.4. The molecule has 1 heterocycles. The second-order valence-corrected chi connectivity index (χ2v) is 6.43. The van der Waals surface area contributed by atoms with E-state index in [2.05, 4.69) is 10.3 Å². The number of rotatable bonds is 4. The minimum atomic E-state index is -0.406. The fourth-order valence-corrected chi connectivity index (χ4v) is 2.72. The summed E-state index contributed by atoms with van der Waals surface area (Å²) in [4.78, 5) is 29.5. The van der Waals surface area contributed by atoms with Crippen molar-refractivity contribution in [2.24, 2.45) is 0 Å². The van der Waals surface area contributed by atoms with Crippen LogP contribution < -0.4 is 5.32 Å². The van der Waals surface area contributed by atoms with Gasteiger partial charge in [0, 0.05) is 16.3 Å². The summed E-state index contributed by atoms with van der Waals surface area (Å²) in [5.74, 6) is -0.716. The number of aryl methyl sites for hydroxylation is 1. The van der Waals surface area contributed by atoms with Crippen LogP contribution in [0, 0.1) is 6.92 Å². The van der Waals surface area contributed by atoms with E-state index in [4.69, 9.17) is 23.2 Å². The SMILES string of the molecule is Cc1nc(C(=O)c2ccc(Cl)cc2)cc(C(=O)Nc2ccccc2)c1Cl. The number of benzene rings is 2. The molecule has 0 atom stereocenters. The molecule has 0 aliphatic heterocycles. The Morgan fingerprint density at radius 1 is 0.962 bits per heavy atom. The predicted octanol–water partition coefficient (Wildman–Crippen LogP) is 5.18. The third-order valence-electron chi connectivity index (χ3n) is 3.74. The van der Waals surface area contributed by atoms with Crippen LogP contribution in [0.4, 0.5) is 5.69 Å². The molecule has 0 bridgehead atoms. The number of ketones is 1. The van der Waals surface area contributed by atoms with Crippen LogP contribution in [0.3, 0.4) is 0 Å². The molecule has 0 aliphatic carbocycles. The van der Waals surface area contributed by atoms with Crippen molar-refractivity contribution < 1.29 is 9.59 Å². The van der Waals surface area contributed by atoms with Gasteiger partial charge in [-0.3, -0.25) is 9.59 Å². The number of anilines is 1. The zero-order valence-electron chi connectivity index (χ0n) is 13.8. The van der Waals surface area contributed by atoms with Crippen LogP contribution in [0.5, 0.6) is 0 Å². The topological polar surface area (TPSA) is 59.1 Å². The molecule has 0 radical (unpaired) electrons. The monoisotopic (exact) mass is 384 g/mol. The van der Waals surface area contributed by atoms with Gasteiger partial charge in [-0.2, -0.15) is 0 Å². The second-order valence-electron chi connectivity index (χ2n) is 5.61. The predicted molar refractivity (Wildman–Crippen MR) is 103 cm³/mol. The van der Waals surface area contributed by atoms with E-state index in [1.54, 1.807) is 43.3 Å². The van der Waals surface area contributed by atoms with Gasteiger partial charge in [-0.05, 0) is 49.4 Å². The molecule has 0 saturated carbocycles. The summed E-state index contributed by atoms with van der Waals surface area (Å²) in [5.41, 5.74) is 1.81. The minimum absolute atomic E-state index is 0.146. The summed E-state index contributed by atoms with van der Waals surface area (Å²) in [5, 5.41) is 3.51. The standard InChI is InChI=1S/C20H14Cl2N2O2/c1-12-18(22)16(20(26)24-15-5-3-2-4-6-15)11-17(23-12)19(25)13-7-9-14(21)10-8-13/h2-11H,1H3,(H,24,26). The first-order chi connectivity index (χ1) is 12.5. The highest BCUT2D eigenvalue weighted by atomic mass is 35.5. The molecular formula is C20H14Cl2N2O2. The van der Waals surface area contributed by atoms with Gasteiger partial charge in [0.2, 0.25) is 5.78 Å². The summed E-state index contributed by atoms with van der Waals surface area (Å²) in [6.45, 7) is 1.65. The fraction of sp³-hybridized carbons (Fsp3) is 0.0500. The highest BCUT2D eigenvalue weighted by Crippen LogP contribution is 2.23. The molecule has 1 amide bonds. The average Bonchev–Trinajstić information content (AvgIpc) is 2.64.